The maximum atomic E-state index is 11.7. The second-order valence-electron chi connectivity index (χ2n) is 10.1. The molecule has 9 nitrogen and oxygen atoms in total. The molecule has 2 saturated carbocycles. The minimum atomic E-state index is -0.927. The molecule has 2 rings (SSSR count). The van der Waals surface area contributed by atoms with Crippen LogP contribution in [0.4, 0.5) is 0 Å². The summed E-state index contributed by atoms with van der Waals surface area (Å²) in [6.07, 6.45) is 5.41. The zero-order chi connectivity index (χ0) is 27.2. The van der Waals surface area contributed by atoms with Crippen molar-refractivity contribution in [2.24, 2.45) is 16.7 Å². The van der Waals surface area contributed by atoms with E-state index in [1.165, 1.54) is 0 Å². The van der Waals surface area contributed by atoms with Crippen LogP contribution in [-0.4, -0.2) is 55.1 Å². The van der Waals surface area contributed by atoms with Gasteiger partial charge in [-0.25, -0.2) is 14.4 Å². The Labute approximate surface area is 238 Å². The molecule has 1 unspecified atom stereocenters. The van der Waals surface area contributed by atoms with Gasteiger partial charge in [-0.15, -0.1) is 0 Å². The third kappa shape index (κ3) is 14.9. The first kappa shape index (κ1) is 36.6. The van der Waals surface area contributed by atoms with Crippen molar-refractivity contribution in [3.05, 3.63) is 0 Å². The molecule has 0 spiro atoms. The zero-order valence-corrected chi connectivity index (χ0v) is 25.3. The number of rotatable bonds is 5. The molecule has 0 aliphatic heterocycles. The molecule has 0 aromatic carbocycles. The van der Waals surface area contributed by atoms with Gasteiger partial charge in [-0.1, -0.05) is 27.7 Å². The van der Waals surface area contributed by atoms with Gasteiger partial charge in [0.2, 0.25) is 5.78 Å². The largest absolute Gasteiger partial charge is 1.00 e. The summed E-state index contributed by atoms with van der Waals surface area (Å²) in [7, 11) is 0. The van der Waals surface area contributed by atoms with E-state index in [1.807, 2.05) is 13.8 Å². The Morgan fingerprint density at radius 2 is 1.11 bits per heavy atom. The van der Waals surface area contributed by atoms with Crippen LogP contribution in [0.15, 0.2) is 0 Å². The van der Waals surface area contributed by atoms with Crippen molar-refractivity contribution < 1.29 is 74.0 Å². The summed E-state index contributed by atoms with van der Waals surface area (Å²) >= 11 is 0. The van der Waals surface area contributed by atoms with Crippen LogP contribution in [0.25, 0.3) is 0 Å². The molecule has 0 aromatic heterocycles. The molecular weight excluding hydrogens is 479 g/mol. The molecule has 2 aliphatic carbocycles. The van der Waals surface area contributed by atoms with Crippen molar-refractivity contribution in [1.29, 1.82) is 0 Å². The van der Waals surface area contributed by atoms with Gasteiger partial charge in [0.25, 0.3) is 0 Å². The molecule has 10 heteroatoms. The van der Waals surface area contributed by atoms with Crippen LogP contribution in [0.5, 0.6) is 0 Å². The van der Waals surface area contributed by atoms with E-state index in [-0.39, 0.29) is 62.0 Å². The summed E-state index contributed by atoms with van der Waals surface area (Å²) in [5.41, 5.74) is 0.384. The van der Waals surface area contributed by atoms with E-state index in [2.05, 4.69) is 28.1 Å². The van der Waals surface area contributed by atoms with Gasteiger partial charge in [-0.05, 0) is 57.3 Å². The molecule has 0 N–H and O–H groups in total. The summed E-state index contributed by atoms with van der Waals surface area (Å²) < 4.78 is 13.3. The van der Waals surface area contributed by atoms with Crippen LogP contribution in [-0.2, 0) is 43.0 Å². The number of hydrogen-bond acceptors (Lipinski definition) is 9. The first-order valence-corrected chi connectivity index (χ1v) is 12.3. The number of ketones is 3. The Kier molecular flexibility index (Phi) is 18.1. The molecule has 0 amide bonds. The van der Waals surface area contributed by atoms with Gasteiger partial charge < -0.3 is 15.6 Å². The molecule has 0 radical (unpaired) electrons. The molecule has 2 fully saturated rings. The van der Waals surface area contributed by atoms with Gasteiger partial charge >= 0.3 is 47.5 Å². The van der Waals surface area contributed by atoms with Gasteiger partial charge in [-0.2, -0.15) is 0 Å². The quantitative estimate of drug-likeness (QED) is 0.170. The van der Waals surface area contributed by atoms with Crippen LogP contribution >= 0.6 is 0 Å². The average molecular weight is 523 g/mol. The van der Waals surface area contributed by atoms with Crippen LogP contribution in [0.1, 0.15) is 94.8 Å². The fourth-order valence-corrected chi connectivity index (χ4v) is 3.57. The number of ether oxygens (including phenoxy) is 3. The summed E-state index contributed by atoms with van der Waals surface area (Å²) in [5, 5.41) is 0. The maximum Gasteiger partial charge on any atom is 1.00 e. The third-order valence-electron chi connectivity index (χ3n) is 5.87. The number of esters is 3. The molecule has 0 bridgehead atoms. The second-order valence-corrected chi connectivity index (χ2v) is 10.1. The molecule has 202 valence electrons. The summed E-state index contributed by atoms with van der Waals surface area (Å²) in [5.74, 6) is -3.87. The Morgan fingerprint density at radius 1 is 0.722 bits per heavy atom. The SMILES string of the molecule is CC1(C)CCC(=O)CC1.CCOC(=O)C(=O)C1CC(C)(C)CCC1=O.CCOC(=O)C(=O)OCC.[H-].[Na+]. The molecular formula is C26H43NaO9. The predicted octanol–water partition coefficient (Wildman–Crippen LogP) is 0.899. The second kappa shape index (κ2) is 17.8. The smallest absolute Gasteiger partial charge is 1.00 e. The Balaban J connectivity index is -0.000000482. The number of hydrogen-bond donors (Lipinski definition) is 0. The van der Waals surface area contributed by atoms with Gasteiger partial charge in [0.1, 0.15) is 11.6 Å². The maximum absolute atomic E-state index is 11.7. The Hall–Kier alpha value is -1.58. The minimum Gasteiger partial charge on any atom is -1.00 e. The molecule has 36 heavy (non-hydrogen) atoms. The summed E-state index contributed by atoms with van der Waals surface area (Å²) in [4.78, 5) is 66.2. The first-order valence-electron chi connectivity index (χ1n) is 12.3. The molecule has 1 atom stereocenters. The van der Waals surface area contributed by atoms with Crippen LogP contribution < -0.4 is 29.6 Å². The van der Waals surface area contributed by atoms with Crippen molar-refractivity contribution >= 4 is 35.3 Å². The van der Waals surface area contributed by atoms with E-state index in [9.17, 15) is 28.8 Å². The van der Waals surface area contributed by atoms with Crippen LogP contribution in [0, 0.1) is 16.7 Å². The monoisotopic (exact) mass is 522 g/mol. The van der Waals surface area contributed by atoms with Gasteiger partial charge in [0, 0.05) is 19.3 Å². The van der Waals surface area contributed by atoms with Crippen molar-refractivity contribution in [2.45, 2.75) is 93.4 Å². The molecule has 0 saturated heterocycles. The van der Waals surface area contributed by atoms with E-state index in [0.717, 1.165) is 32.1 Å². The Morgan fingerprint density at radius 3 is 1.50 bits per heavy atom. The van der Waals surface area contributed by atoms with Crippen molar-refractivity contribution in [3.63, 3.8) is 0 Å². The number of carbonyl (C=O) groups is 6. The summed E-state index contributed by atoms with van der Waals surface area (Å²) in [6.45, 7) is 13.9. The third-order valence-corrected chi connectivity index (χ3v) is 5.87. The fourth-order valence-electron chi connectivity index (χ4n) is 3.57. The van der Waals surface area contributed by atoms with Crippen LogP contribution in [0.3, 0.4) is 0 Å². The minimum absolute atomic E-state index is 0. The van der Waals surface area contributed by atoms with Gasteiger partial charge in [-0.3, -0.25) is 14.4 Å². The standard InChI is InChI=1S/C12H18O4.C8H14O.C6H10O4.Na.H/c1-4-16-11(15)10(14)8-7-12(2,3)6-5-9(8)13;1-8(2)5-3-7(9)4-6-8;1-3-9-5(7)6(8)10-4-2;;/h8H,4-7H2,1-3H3;3-6H2,1-2H3;3-4H2,1-2H3;;/q;;;+1;-1. The van der Waals surface area contributed by atoms with E-state index >= 15 is 0 Å². The van der Waals surface area contributed by atoms with Gasteiger partial charge in [0.05, 0.1) is 25.7 Å². The van der Waals surface area contributed by atoms with Crippen molar-refractivity contribution in [2.75, 3.05) is 19.8 Å². The van der Waals surface area contributed by atoms with E-state index in [4.69, 9.17) is 0 Å². The van der Waals surface area contributed by atoms with Crippen molar-refractivity contribution in [1.82, 2.24) is 0 Å². The predicted molar refractivity (Wildman–Crippen MR) is 129 cm³/mol. The normalized spacial score (nSPS) is 19.6. The zero-order valence-electron chi connectivity index (χ0n) is 24.3. The fraction of sp³-hybridized carbons (Fsp3) is 0.769. The van der Waals surface area contributed by atoms with E-state index < -0.39 is 29.6 Å². The van der Waals surface area contributed by atoms with E-state index in [0.29, 0.717) is 24.0 Å². The molecule has 0 aromatic rings. The van der Waals surface area contributed by atoms with Crippen LogP contribution in [0.2, 0.25) is 0 Å². The number of carbonyl (C=O) groups excluding carboxylic acids is 6. The molecule has 2 aliphatic rings. The number of Topliss-reactive ketones (excluding diaryl/α,β-unsaturated/α-hetero) is 3. The van der Waals surface area contributed by atoms with Crippen molar-refractivity contribution in [3.8, 4) is 0 Å². The Bertz CT molecular complexity index is 750. The first-order chi connectivity index (χ1) is 16.2. The van der Waals surface area contributed by atoms with E-state index in [1.54, 1.807) is 20.8 Å². The summed E-state index contributed by atoms with van der Waals surface area (Å²) in [6, 6.07) is 0. The van der Waals surface area contributed by atoms with Gasteiger partial charge in [0.15, 0.2) is 0 Å². The average Bonchev–Trinajstić information content (AvgIpc) is 2.78. The topological polar surface area (TPSA) is 130 Å². The molecule has 0 heterocycles.